The number of hydrogen-bond donors (Lipinski definition) is 2. The molecule has 2 heterocycles. The lowest BCUT2D eigenvalue weighted by Gasteiger charge is -2.09. The van der Waals surface area contributed by atoms with E-state index in [1.54, 1.807) is 0 Å². The number of anilines is 1. The maximum absolute atomic E-state index is 12.1. The first-order valence-electron chi connectivity index (χ1n) is 7.88. The van der Waals surface area contributed by atoms with E-state index in [4.69, 9.17) is 9.47 Å². The summed E-state index contributed by atoms with van der Waals surface area (Å²) in [5, 5.41) is 6.81. The van der Waals surface area contributed by atoms with Gasteiger partial charge >= 0.3 is 0 Å². The van der Waals surface area contributed by atoms with Crippen LogP contribution in [0, 0.1) is 0 Å². The van der Waals surface area contributed by atoms with E-state index in [2.05, 4.69) is 20.6 Å². The van der Waals surface area contributed by atoms with Crippen molar-refractivity contribution in [3.05, 3.63) is 54.4 Å². The summed E-state index contributed by atoms with van der Waals surface area (Å²) in [4.78, 5) is 20.5. The minimum atomic E-state index is -0.125. The molecule has 2 aromatic carbocycles. The number of rotatable bonds is 5. The number of aromatic nitrogens is 2. The molecule has 0 fully saturated rings. The van der Waals surface area contributed by atoms with E-state index in [-0.39, 0.29) is 19.2 Å². The van der Waals surface area contributed by atoms with Crippen LogP contribution in [0.4, 0.5) is 5.82 Å². The quantitative estimate of drug-likeness (QED) is 0.742. The van der Waals surface area contributed by atoms with Gasteiger partial charge in [-0.15, -0.1) is 0 Å². The van der Waals surface area contributed by atoms with Crippen LogP contribution in [0.1, 0.15) is 5.56 Å². The summed E-state index contributed by atoms with van der Waals surface area (Å²) in [5.41, 5.74) is 1.78. The molecule has 0 radical (unpaired) electrons. The SMILES string of the molecule is O=C(CNc1ncnc2ccccc12)NCc1ccc2c(c1)OCO2. The van der Waals surface area contributed by atoms with E-state index < -0.39 is 0 Å². The van der Waals surface area contributed by atoms with Crippen LogP contribution in [-0.2, 0) is 11.3 Å². The Morgan fingerprint density at radius 1 is 1.08 bits per heavy atom. The predicted molar refractivity (Wildman–Crippen MR) is 92.4 cm³/mol. The first-order chi connectivity index (χ1) is 12.3. The van der Waals surface area contributed by atoms with Gasteiger partial charge in [-0.1, -0.05) is 18.2 Å². The third kappa shape index (κ3) is 3.30. The van der Waals surface area contributed by atoms with Gasteiger partial charge in [-0.3, -0.25) is 4.79 Å². The summed E-state index contributed by atoms with van der Waals surface area (Å²) in [6, 6.07) is 13.3. The lowest BCUT2D eigenvalue weighted by molar-refractivity contribution is -0.119. The number of nitrogens with one attached hydrogen (secondary N) is 2. The molecule has 0 saturated heterocycles. The van der Waals surface area contributed by atoms with Gasteiger partial charge in [0.2, 0.25) is 12.7 Å². The molecule has 4 rings (SSSR count). The molecule has 2 N–H and O–H groups in total. The van der Waals surface area contributed by atoms with Crippen molar-refractivity contribution in [2.24, 2.45) is 0 Å². The van der Waals surface area contributed by atoms with Crippen molar-refractivity contribution in [3.8, 4) is 11.5 Å². The molecular weight excluding hydrogens is 320 g/mol. The summed E-state index contributed by atoms with van der Waals surface area (Å²) < 4.78 is 10.6. The standard InChI is InChI=1S/C18H16N4O3/c23-17(19-8-12-5-6-15-16(7-12)25-11-24-15)9-20-18-13-3-1-2-4-14(13)21-10-22-18/h1-7,10H,8-9,11H2,(H,19,23)(H,20,21,22). The molecule has 7 heteroatoms. The molecule has 0 saturated carbocycles. The second-order valence-electron chi connectivity index (χ2n) is 5.56. The number of fused-ring (bicyclic) bond motifs is 2. The summed E-state index contributed by atoms with van der Waals surface area (Å²) in [6.07, 6.45) is 1.48. The Kier molecular flexibility index (Phi) is 4.04. The Labute approximate surface area is 144 Å². The number of carbonyl (C=O) groups excluding carboxylic acids is 1. The molecule has 0 atom stereocenters. The molecule has 0 spiro atoms. The van der Waals surface area contributed by atoms with Gasteiger partial charge in [0, 0.05) is 11.9 Å². The van der Waals surface area contributed by atoms with Crippen molar-refractivity contribution >= 4 is 22.6 Å². The highest BCUT2D eigenvalue weighted by atomic mass is 16.7. The highest BCUT2D eigenvalue weighted by Gasteiger charge is 2.13. The fourth-order valence-electron chi connectivity index (χ4n) is 2.62. The number of carbonyl (C=O) groups is 1. The monoisotopic (exact) mass is 336 g/mol. The largest absolute Gasteiger partial charge is 0.454 e. The molecule has 3 aromatic rings. The lowest BCUT2D eigenvalue weighted by Crippen LogP contribution is -2.29. The average Bonchev–Trinajstić information content (AvgIpc) is 3.12. The first-order valence-corrected chi connectivity index (χ1v) is 7.88. The third-order valence-corrected chi connectivity index (χ3v) is 3.89. The highest BCUT2D eigenvalue weighted by molar-refractivity contribution is 5.90. The Hall–Kier alpha value is -3.35. The number of benzene rings is 2. The van der Waals surface area contributed by atoms with Crippen molar-refractivity contribution < 1.29 is 14.3 Å². The highest BCUT2D eigenvalue weighted by Crippen LogP contribution is 2.32. The van der Waals surface area contributed by atoms with Crippen LogP contribution in [0.15, 0.2) is 48.8 Å². The zero-order chi connectivity index (χ0) is 17.1. The van der Waals surface area contributed by atoms with Gasteiger partial charge < -0.3 is 20.1 Å². The third-order valence-electron chi connectivity index (χ3n) is 3.89. The first kappa shape index (κ1) is 15.2. The second kappa shape index (κ2) is 6.64. The Bertz CT molecular complexity index is 924. The molecule has 1 amide bonds. The van der Waals surface area contributed by atoms with Gasteiger partial charge in [0.15, 0.2) is 11.5 Å². The van der Waals surface area contributed by atoms with Crippen LogP contribution < -0.4 is 20.1 Å². The minimum Gasteiger partial charge on any atom is -0.454 e. The number of hydrogen-bond acceptors (Lipinski definition) is 6. The summed E-state index contributed by atoms with van der Waals surface area (Å²) in [6.45, 7) is 0.787. The molecular formula is C18H16N4O3. The molecule has 0 unspecified atom stereocenters. The number of ether oxygens (including phenoxy) is 2. The van der Waals surface area contributed by atoms with Crippen LogP contribution in [0.3, 0.4) is 0 Å². The van der Waals surface area contributed by atoms with Crippen molar-refractivity contribution in [3.63, 3.8) is 0 Å². The van der Waals surface area contributed by atoms with Crippen LogP contribution >= 0.6 is 0 Å². The smallest absolute Gasteiger partial charge is 0.239 e. The summed E-state index contributed by atoms with van der Waals surface area (Å²) in [5.74, 6) is 1.95. The fourth-order valence-corrected chi connectivity index (χ4v) is 2.62. The molecule has 1 aliphatic rings. The topological polar surface area (TPSA) is 85.4 Å². The Morgan fingerprint density at radius 2 is 1.96 bits per heavy atom. The molecule has 0 bridgehead atoms. The maximum Gasteiger partial charge on any atom is 0.239 e. The number of nitrogens with zero attached hydrogens (tertiary/aromatic N) is 2. The van der Waals surface area contributed by atoms with Gasteiger partial charge in [-0.05, 0) is 29.8 Å². The van der Waals surface area contributed by atoms with Crippen molar-refractivity contribution in [2.45, 2.75) is 6.54 Å². The second-order valence-corrected chi connectivity index (χ2v) is 5.56. The fraction of sp³-hybridized carbons (Fsp3) is 0.167. The van der Waals surface area contributed by atoms with Crippen LogP contribution in [0.2, 0.25) is 0 Å². The zero-order valence-electron chi connectivity index (χ0n) is 13.4. The Morgan fingerprint density at radius 3 is 2.92 bits per heavy atom. The number of para-hydroxylation sites is 1. The summed E-state index contributed by atoms with van der Waals surface area (Å²) >= 11 is 0. The Balaban J connectivity index is 1.35. The normalized spacial score (nSPS) is 12.2. The van der Waals surface area contributed by atoms with Crippen LogP contribution in [-0.4, -0.2) is 29.2 Å². The van der Waals surface area contributed by atoms with E-state index in [9.17, 15) is 4.79 Å². The van der Waals surface area contributed by atoms with Gasteiger partial charge in [0.25, 0.3) is 0 Å². The molecule has 126 valence electrons. The molecule has 25 heavy (non-hydrogen) atoms. The maximum atomic E-state index is 12.1. The average molecular weight is 336 g/mol. The zero-order valence-corrected chi connectivity index (χ0v) is 13.4. The molecule has 7 nitrogen and oxygen atoms in total. The lowest BCUT2D eigenvalue weighted by atomic mass is 10.2. The van der Waals surface area contributed by atoms with Crippen molar-refractivity contribution in [1.29, 1.82) is 0 Å². The molecule has 1 aliphatic heterocycles. The van der Waals surface area contributed by atoms with E-state index in [0.717, 1.165) is 22.2 Å². The van der Waals surface area contributed by atoms with Gasteiger partial charge in [0.1, 0.15) is 12.1 Å². The van der Waals surface area contributed by atoms with Crippen molar-refractivity contribution in [2.75, 3.05) is 18.7 Å². The minimum absolute atomic E-state index is 0.125. The van der Waals surface area contributed by atoms with E-state index in [1.165, 1.54) is 6.33 Å². The van der Waals surface area contributed by atoms with Gasteiger partial charge in [0.05, 0.1) is 12.1 Å². The van der Waals surface area contributed by atoms with E-state index in [0.29, 0.717) is 18.1 Å². The van der Waals surface area contributed by atoms with Crippen molar-refractivity contribution in [1.82, 2.24) is 15.3 Å². The molecule has 1 aromatic heterocycles. The number of amides is 1. The summed E-state index contributed by atoms with van der Waals surface area (Å²) in [7, 11) is 0. The van der Waals surface area contributed by atoms with Gasteiger partial charge in [-0.2, -0.15) is 0 Å². The van der Waals surface area contributed by atoms with Crippen LogP contribution in [0.25, 0.3) is 10.9 Å². The van der Waals surface area contributed by atoms with Crippen LogP contribution in [0.5, 0.6) is 11.5 Å². The van der Waals surface area contributed by atoms with E-state index in [1.807, 2.05) is 42.5 Å². The van der Waals surface area contributed by atoms with E-state index >= 15 is 0 Å². The molecule has 0 aliphatic carbocycles. The van der Waals surface area contributed by atoms with Gasteiger partial charge in [-0.25, -0.2) is 9.97 Å². The predicted octanol–water partition coefficient (Wildman–Crippen LogP) is 2.09.